The van der Waals surface area contributed by atoms with Crippen LogP contribution in [0.3, 0.4) is 0 Å². The van der Waals surface area contributed by atoms with Gasteiger partial charge in [-0.15, -0.1) is 0 Å². The molecule has 0 fully saturated rings. The van der Waals surface area contributed by atoms with Crippen LogP contribution in [0.15, 0.2) is 134 Å². The molecule has 0 radical (unpaired) electrons. The highest BCUT2D eigenvalue weighted by Gasteiger charge is 2.37. The van der Waals surface area contributed by atoms with Crippen molar-refractivity contribution in [1.29, 1.82) is 0 Å². The topological polar surface area (TPSA) is 79.3 Å². The van der Waals surface area contributed by atoms with Crippen LogP contribution >= 0.6 is 0 Å². The first-order chi connectivity index (χ1) is 23.7. The van der Waals surface area contributed by atoms with Gasteiger partial charge >= 0.3 is 5.97 Å². The zero-order valence-electron chi connectivity index (χ0n) is 27.3. The first-order valence-electron chi connectivity index (χ1n) is 16.3. The van der Waals surface area contributed by atoms with Crippen molar-refractivity contribution in [2.24, 2.45) is 5.41 Å². The minimum atomic E-state index is -0.911. The summed E-state index contributed by atoms with van der Waals surface area (Å²) in [4.78, 5) is 27.4. The molecule has 7 aromatic rings. The van der Waals surface area contributed by atoms with Crippen LogP contribution < -0.4 is 5.32 Å². The molecular weight excluding hydrogens is 611 g/mol. The maximum atomic E-state index is 13.2. The van der Waals surface area contributed by atoms with Crippen molar-refractivity contribution < 1.29 is 19.1 Å². The van der Waals surface area contributed by atoms with E-state index in [1.165, 1.54) is 62.5 Å². The van der Waals surface area contributed by atoms with Crippen LogP contribution in [0, 0.1) is 11.2 Å². The largest absolute Gasteiger partial charge is 0.478 e. The Labute approximate surface area is 284 Å². The third-order valence-electron chi connectivity index (χ3n) is 9.64. The van der Waals surface area contributed by atoms with Gasteiger partial charge in [-0.2, -0.15) is 0 Å². The van der Waals surface area contributed by atoms with Crippen molar-refractivity contribution in [3.05, 3.63) is 167 Å². The number of hydrogen-bond donors (Lipinski definition) is 2. The molecule has 5 nitrogen and oxygen atoms in total. The molecular formula is C43H35FN2O3. The summed E-state index contributed by atoms with van der Waals surface area (Å²) in [6, 6.07) is 40.0. The Kier molecular flexibility index (Phi) is 8.39. The predicted molar refractivity (Wildman–Crippen MR) is 195 cm³/mol. The number of aromatic nitrogens is 1. The van der Waals surface area contributed by atoms with Crippen LogP contribution in [0.1, 0.15) is 57.2 Å². The van der Waals surface area contributed by atoms with Gasteiger partial charge < -0.3 is 10.4 Å². The van der Waals surface area contributed by atoms with Gasteiger partial charge in [-0.05, 0) is 123 Å². The molecule has 0 bridgehead atoms. The Hall–Kier alpha value is -5.88. The third-order valence-corrected chi connectivity index (χ3v) is 9.64. The van der Waals surface area contributed by atoms with Gasteiger partial charge in [0.1, 0.15) is 5.82 Å². The van der Waals surface area contributed by atoms with Crippen molar-refractivity contribution in [2.45, 2.75) is 32.6 Å². The van der Waals surface area contributed by atoms with Crippen LogP contribution in [0.2, 0.25) is 0 Å². The number of hydrogen-bond acceptors (Lipinski definition) is 3. The molecule has 6 heteroatoms. The highest BCUT2D eigenvalue weighted by atomic mass is 19.1. The maximum absolute atomic E-state index is 13.2. The summed E-state index contributed by atoms with van der Waals surface area (Å²) >= 11 is 0. The Morgan fingerprint density at radius 3 is 2.33 bits per heavy atom. The van der Waals surface area contributed by atoms with Crippen molar-refractivity contribution in [2.75, 3.05) is 5.32 Å². The summed E-state index contributed by atoms with van der Waals surface area (Å²) in [5, 5.41) is 17.8. The monoisotopic (exact) mass is 646 g/mol. The van der Waals surface area contributed by atoms with Crippen molar-refractivity contribution >= 4 is 50.0 Å². The van der Waals surface area contributed by atoms with E-state index >= 15 is 0 Å². The summed E-state index contributed by atoms with van der Waals surface area (Å²) in [5.41, 5.74) is 6.44. The standard InChI is InChI=1S/C33H28FNO.C10H7NO2/c1-33(2)20-30-23(13-17-28-27-9-4-3-6-21(27)12-16-29(28)30)19-31(33)24-7-5-8-26(18-24)35-32(36)22-10-14-25(34)15-11-22;12-10(13)8-3-4-9-7(6-8)2-1-5-11-9/h3-18,31H,19-20H2,1-2H3,(H,35,36);1-6H,(H,12,13). The van der Waals surface area contributed by atoms with Crippen LogP contribution in [-0.2, 0) is 12.8 Å². The number of nitrogens with zero attached hydrogens (tertiary/aromatic N) is 1. The molecule has 1 aromatic heterocycles. The average Bonchev–Trinajstić information content (AvgIpc) is 3.11. The van der Waals surface area contributed by atoms with Crippen LogP contribution in [-0.4, -0.2) is 22.0 Å². The highest BCUT2D eigenvalue weighted by Crippen LogP contribution is 2.48. The first-order valence-corrected chi connectivity index (χ1v) is 16.3. The average molecular weight is 647 g/mol. The lowest BCUT2D eigenvalue weighted by atomic mass is 9.63. The number of pyridine rings is 1. The smallest absolute Gasteiger partial charge is 0.335 e. The summed E-state index contributed by atoms with van der Waals surface area (Å²) < 4.78 is 13.2. The second-order valence-electron chi connectivity index (χ2n) is 13.3. The lowest BCUT2D eigenvalue weighted by molar-refractivity contribution is 0.0696. The van der Waals surface area contributed by atoms with Gasteiger partial charge in [-0.1, -0.05) is 80.6 Å². The van der Waals surface area contributed by atoms with E-state index in [1.807, 2.05) is 18.2 Å². The first kappa shape index (κ1) is 31.7. The molecule has 6 aromatic carbocycles. The summed E-state index contributed by atoms with van der Waals surface area (Å²) in [6.45, 7) is 4.70. The number of fused-ring (bicyclic) bond motifs is 6. The number of carboxylic acids is 1. The number of nitrogens with one attached hydrogen (secondary N) is 1. The van der Waals surface area contributed by atoms with Crippen LogP contribution in [0.5, 0.6) is 0 Å². The Balaban J connectivity index is 0.000000244. The van der Waals surface area contributed by atoms with E-state index in [2.05, 4.69) is 84.8 Å². The van der Waals surface area contributed by atoms with Crippen LogP contribution in [0.25, 0.3) is 32.4 Å². The van der Waals surface area contributed by atoms with Gasteiger partial charge in [-0.25, -0.2) is 9.18 Å². The van der Waals surface area contributed by atoms with Gasteiger partial charge in [0.15, 0.2) is 0 Å². The van der Waals surface area contributed by atoms with E-state index in [0.717, 1.165) is 29.4 Å². The number of carboxylic acid groups (broad SMARTS) is 1. The Morgan fingerprint density at radius 2 is 1.51 bits per heavy atom. The summed E-state index contributed by atoms with van der Waals surface area (Å²) in [6.07, 6.45) is 3.64. The van der Waals surface area contributed by atoms with Gasteiger partial charge in [-0.3, -0.25) is 9.78 Å². The number of aromatic carboxylic acids is 1. The summed E-state index contributed by atoms with van der Waals surface area (Å²) in [5.74, 6) is -1.18. The molecule has 1 heterocycles. The van der Waals surface area contributed by atoms with Gasteiger partial charge in [0.05, 0.1) is 11.1 Å². The van der Waals surface area contributed by atoms with Gasteiger partial charge in [0.25, 0.3) is 5.91 Å². The van der Waals surface area contributed by atoms with Crippen molar-refractivity contribution in [3.8, 4) is 0 Å². The molecule has 8 rings (SSSR count). The molecule has 0 saturated carbocycles. The summed E-state index contributed by atoms with van der Waals surface area (Å²) in [7, 11) is 0. The second-order valence-corrected chi connectivity index (χ2v) is 13.3. The SMILES string of the molecule is CC1(C)Cc2c(ccc3c2ccc2ccccc23)CC1c1cccc(NC(=O)c2ccc(F)cc2)c1.O=C(O)c1ccc2ncccc2c1. The fraction of sp³-hybridized carbons (Fsp3) is 0.140. The van der Waals surface area contributed by atoms with Crippen molar-refractivity contribution in [3.63, 3.8) is 0 Å². The number of anilines is 1. The molecule has 0 spiro atoms. The fourth-order valence-electron chi connectivity index (χ4n) is 7.09. The zero-order chi connectivity index (χ0) is 34.1. The number of amides is 1. The second kappa shape index (κ2) is 13.0. The Morgan fingerprint density at radius 1 is 0.755 bits per heavy atom. The number of benzene rings is 6. The molecule has 1 aliphatic rings. The lowest BCUT2D eigenvalue weighted by Crippen LogP contribution is -2.31. The third kappa shape index (κ3) is 6.50. The lowest BCUT2D eigenvalue weighted by Gasteiger charge is -2.41. The molecule has 1 aliphatic carbocycles. The minimum absolute atomic E-state index is 0.0481. The van der Waals surface area contributed by atoms with E-state index in [-0.39, 0.29) is 17.1 Å². The predicted octanol–water partition coefficient (Wildman–Crippen LogP) is 10.2. The van der Waals surface area contributed by atoms with E-state index < -0.39 is 5.97 Å². The molecule has 1 atom stereocenters. The van der Waals surface area contributed by atoms with Gasteiger partial charge in [0, 0.05) is 22.8 Å². The van der Waals surface area contributed by atoms with Gasteiger partial charge in [0.2, 0.25) is 0 Å². The maximum Gasteiger partial charge on any atom is 0.335 e. The normalized spacial score (nSPS) is 14.9. The number of carbonyl (C=O) groups excluding carboxylic acids is 1. The van der Waals surface area contributed by atoms with E-state index in [0.29, 0.717) is 17.0 Å². The molecule has 1 unspecified atom stereocenters. The Bertz CT molecular complexity index is 2370. The molecule has 242 valence electrons. The number of carbonyl (C=O) groups is 2. The van der Waals surface area contributed by atoms with E-state index in [4.69, 9.17) is 5.11 Å². The van der Waals surface area contributed by atoms with E-state index in [1.54, 1.807) is 30.5 Å². The van der Waals surface area contributed by atoms with Crippen molar-refractivity contribution in [1.82, 2.24) is 4.98 Å². The van der Waals surface area contributed by atoms with E-state index in [9.17, 15) is 14.0 Å². The molecule has 2 N–H and O–H groups in total. The zero-order valence-corrected chi connectivity index (χ0v) is 27.3. The quantitative estimate of drug-likeness (QED) is 0.187. The molecule has 0 aliphatic heterocycles. The van der Waals surface area contributed by atoms with Crippen LogP contribution in [0.4, 0.5) is 10.1 Å². The number of rotatable bonds is 4. The number of halogens is 1. The molecule has 49 heavy (non-hydrogen) atoms. The molecule has 1 amide bonds. The highest BCUT2D eigenvalue weighted by molar-refractivity contribution is 6.09. The fourth-order valence-corrected chi connectivity index (χ4v) is 7.09. The molecule has 0 saturated heterocycles. The minimum Gasteiger partial charge on any atom is -0.478 e.